The third kappa shape index (κ3) is 7.02. The first kappa shape index (κ1) is 14.7. The Labute approximate surface area is 102 Å². The van der Waals surface area contributed by atoms with Crippen LogP contribution in [0, 0.1) is 0 Å². The number of carbonyl (C=O) groups excluding carboxylic acids is 2. The van der Waals surface area contributed by atoms with Crippen molar-refractivity contribution in [2.45, 2.75) is 12.1 Å². The fourth-order valence-corrected chi connectivity index (χ4v) is 3.06. The average molecular weight is 272 g/mol. The molecule has 82 valence electrons. The van der Waals surface area contributed by atoms with Gasteiger partial charge in [-0.3, -0.25) is 9.59 Å². The summed E-state index contributed by atoms with van der Waals surface area (Å²) in [6.45, 7) is 0. The SMILES string of the molecule is N[C@@H](CSSC[C@H](N)C(=O)S)C(=O)S. The summed E-state index contributed by atoms with van der Waals surface area (Å²) >= 11 is 7.18. The summed E-state index contributed by atoms with van der Waals surface area (Å²) in [4.78, 5) is 21.2. The molecule has 0 aromatic carbocycles. The van der Waals surface area contributed by atoms with Gasteiger partial charge in [-0.15, -0.1) is 25.3 Å². The fourth-order valence-electron chi connectivity index (χ4n) is 0.385. The van der Waals surface area contributed by atoms with Gasteiger partial charge in [-0.25, -0.2) is 0 Å². The van der Waals surface area contributed by atoms with Crippen LogP contribution >= 0.6 is 46.8 Å². The molecule has 0 aliphatic heterocycles. The molecular weight excluding hydrogens is 260 g/mol. The zero-order chi connectivity index (χ0) is 11.1. The van der Waals surface area contributed by atoms with E-state index in [9.17, 15) is 9.59 Å². The van der Waals surface area contributed by atoms with Crippen LogP contribution in [0.4, 0.5) is 0 Å². The molecule has 0 aliphatic carbocycles. The molecule has 0 aromatic rings. The molecule has 0 heterocycles. The summed E-state index contributed by atoms with van der Waals surface area (Å²) < 4.78 is 0. The van der Waals surface area contributed by atoms with Crippen molar-refractivity contribution in [3.8, 4) is 0 Å². The van der Waals surface area contributed by atoms with E-state index >= 15 is 0 Å². The molecule has 4 N–H and O–H groups in total. The van der Waals surface area contributed by atoms with E-state index in [0.717, 1.165) is 0 Å². The Morgan fingerprint density at radius 2 is 1.29 bits per heavy atom. The number of thiol groups is 2. The van der Waals surface area contributed by atoms with Gasteiger partial charge in [0.15, 0.2) is 0 Å². The van der Waals surface area contributed by atoms with Crippen molar-refractivity contribution in [1.82, 2.24) is 0 Å². The van der Waals surface area contributed by atoms with Crippen LogP contribution in [0.1, 0.15) is 0 Å². The highest BCUT2D eigenvalue weighted by Gasteiger charge is 2.11. The summed E-state index contributed by atoms with van der Waals surface area (Å²) in [7, 11) is 2.78. The smallest absolute Gasteiger partial charge is 0.203 e. The monoisotopic (exact) mass is 272 g/mol. The summed E-state index contributed by atoms with van der Waals surface area (Å²) in [6.07, 6.45) is 0. The Morgan fingerprint density at radius 3 is 1.50 bits per heavy atom. The van der Waals surface area contributed by atoms with Crippen LogP contribution in [0.3, 0.4) is 0 Å². The Bertz CT molecular complexity index is 192. The lowest BCUT2D eigenvalue weighted by molar-refractivity contribution is -0.112. The zero-order valence-electron chi connectivity index (χ0n) is 7.25. The standard InChI is InChI=1S/C6H12N2O2S4/c7-3(5(9)11)1-13-14-2-4(8)6(10)12/h3-4H,1-2,7-8H2,(H,9,11)(H,10,12)/t3-,4-/m0/s1. The van der Waals surface area contributed by atoms with Crippen molar-refractivity contribution in [1.29, 1.82) is 0 Å². The third-order valence-corrected chi connectivity index (χ3v) is 4.35. The van der Waals surface area contributed by atoms with Crippen LogP contribution in [0.15, 0.2) is 0 Å². The molecule has 0 bridgehead atoms. The van der Waals surface area contributed by atoms with E-state index in [4.69, 9.17) is 11.5 Å². The molecule has 4 nitrogen and oxygen atoms in total. The van der Waals surface area contributed by atoms with Crippen LogP contribution in [-0.4, -0.2) is 33.8 Å². The average Bonchev–Trinajstić information content (AvgIpc) is 2.11. The summed E-state index contributed by atoms with van der Waals surface area (Å²) in [5.41, 5.74) is 10.8. The Morgan fingerprint density at radius 1 is 1.00 bits per heavy atom. The highest BCUT2D eigenvalue weighted by Crippen LogP contribution is 2.22. The number of carbonyl (C=O) groups is 2. The number of hydrogen-bond donors (Lipinski definition) is 4. The van der Waals surface area contributed by atoms with E-state index in [1.54, 1.807) is 0 Å². The highest BCUT2D eigenvalue weighted by atomic mass is 33.1. The van der Waals surface area contributed by atoms with Gasteiger partial charge in [0.2, 0.25) is 10.2 Å². The minimum atomic E-state index is -0.571. The Balaban J connectivity index is 3.47. The highest BCUT2D eigenvalue weighted by molar-refractivity contribution is 8.76. The maximum Gasteiger partial charge on any atom is 0.203 e. The first-order valence-corrected chi connectivity index (χ1v) is 7.04. The van der Waals surface area contributed by atoms with Crippen LogP contribution in [0.25, 0.3) is 0 Å². The normalized spacial score (nSPS) is 14.9. The van der Waals surface area contributed by atoms with Crippen LogP contribution in [0.2, 0.25) is 0 Å². The van der Waals surface area contributed by atoms with E-state index in [-0.39, 0.29) is 10.2 Å². The van der Waals surface area contributed by atoms with Gasteiger partial charge < -0.3 is 11.5 Å². The second-order valence-corrected chi connectivity index (χ2v) is 5.89. The van der Waals surface area contributed by atoms with Gasteiger partial charge in [0, 0.05) is 11.5 Å². The van der Waals surface area contributed by atoms with Crippen molar-refractivity contribution in [3.05, 3.63) is 0 Å². The third-order valence-electron chi connectivity index (χ3n) is 1.21. The molecule has 0 aromatic heterocycles. The van der Waals surface area contributed by atoms with Crippen molar-refractivity contribution < 1.29 is 9.59 Å². The lowest BCUT2D eigenvalue weighted by Crippen LogP contribution is -2.30. The van der Waals surface area contributed by atoms with Crippen LogP contribution in [-0.2, 0) is 9.59 Å². The molecule has 0 spiro atoms. The summed E-state index contributed by atoms with van der Waals surface area (Å²) in [5.74, 6) is 0.918. The van der Waals surface area contributed by atoms with E-state index < -0.39 is 12.1 Å². The summed E-state index contributed by atoms with van der Waals surface area (Å²) in [5, 5.41) is -0.680. The fraction of sp³-hybridized carbons (Fsp3) is 0.667. The van der Waals surface area contributed by atoms with Crippen molar-refractivity contribution in [2.75, 3.05) is 11.5 Å². The van der Waals surface area contributed by atoms with Crippen molar-refractivity contribution in [3.63, 3.8) is 0 Å². The predicted octanol–water partition coefficient (Wildman–Crippen LogP) is -0.0648. The molecule has 0 aliphatic rings. The minimum Gasteiger partial charge on any atom is -0.320 e. The number of rotatable bonds is 7. The lowest BCUT2D eigenvalue weighted by Gasteiger charge is -2.07. The quantitative estimate of drug-likeness (QED) is 0.295. The van der Waals surface area contributed by atoms with E-state index in [0.29, 0.717) is 11.5 Å². The van der Waals surface area contributed by atoms with Crippen molar-refractivity contribution >= 4 is 57.1 Å². The molecule has 2 atom stereocenters. The van der Waals surface area contributed by atoms with Crippen LogP contribution in [0.5, 0.6) is 0 Å². The molecular formula is C6H12N2O2S4. The summed E-state index contributed by atoms with van der Waals surface area (Å²) in [6, 6.07) is -1.14. The van der Waals surface area contributed by atoms with Gasteiger partial charge >= 0.3 is 0 Å². The topological polar surface area (TPSA) is 86.2 Å². The predicted molar refractivity (Wildman–Crippen MR) is 68.9 cm³/mol. The Kier molecular flexibility index (Phi) is 8.26. The first-order chi connectivity index (χ1) is 6.45. The van der Waals surface area contributed by atoms with E-state index in [1.807, 2.05) is 0 Å². The molecule has 0 rings (SSSR count). The number of hydrogen-bond acceptors (Lipinski definition) is 6. The molecule has 14 heavy (non-hydrogen) atoms. The second kappa shape index (κ2) is 7.89. The van der Waals surface area contributed by atoms with Gasteiger partial charge in [0.1, 0.15) is 0 Å². The lowest BCUT2D eigenvalue weighted by atomic mass is 10.4. The molecule has 0 saturated heterocycles. The van der Waals surface area contributed by atoms with Gasteiger partial charge in [-0.1, -0.05) is 21.6 Å². The van der Waals surface area contributed by atoms with E-state index in [2.05, 4.69) is 25.3 Å². The zero-order valence-corrected chi connectivity index (χ0v) is 10.7. The van der Waals surface area contributed by atoms with Gasteiger partial charge in [-0.2, -0.15) is 0 Å². The molecule has 0 amide bonds. The maximum absolute atomic E-state index is 10.6. The molecule has 0 unspecified atom stereocenters. The van der Waals surface area contributed by atoms with Crippen LogP contribution < -0.4 is 11.5 Å². The Hall–Kier alpha value is 0.660. The minimum absolute atomic E-state index is 0.340. The van der Waals surface area contributed by atoms with Gasteiger partial charge in [0.05, 0.1) is 12.1 Å². The van der Waals surface area contributed by atoms with Crippen molar-refractivity contribution in [2.24, 2.45) is 11.5 Å². The van der Waals surface area contributed by atoms with Gasteiger partial charge in [-0.05, 0) is 0 Å². The molecule has 0 radical (unpaired) electrons. The van der Waals surface area contributed by atoms with E-state index in [1.165, 1.54) is 21.6 Å². The number of nitrogens with two attached hydrogens (primary N) is 2. The molecule has 8 heteroatoms. The van der Waals surface area contributed by atoms with Gasteiger partial charge in [0.25, 0.3) is 0 Å². The first-order valence-electron chi connectivity index (χ1n) is 3.66. The molecule has 0 fully saturated rings. The molecule has 0 saturated carbocycles. The largest absolute Gasteiger partial charge is 0.320 e. The second-order valence-electron chi connectivity index (χ2n) is 2.46. The maximum atomic E-state index is 10.6.